The Hall–Kier alpha value is -1.01. The summed E-state index contributed by atoms with van der Waals surface area (Å²) in [6.07, 6.45) is 1.85. The van der Waals surface area contributed by atoms with Crippen LogP contribution in [0.4, 0.5) is 5.82 Å². The monoisotopic (exact) mass is 246 g/mol. The third kappa shape index (κ3) is 3.24. The van der Waals surface area contributed by atoms with Crippen LogP contribution < -0.4 is 10.9 Å². The quantitative estimate of drug-likeness (QED) is 0.367. The normalized spacial score (nSPS) is 9.87. The fourth-order valence-electron chi connectivity index (χ4n) is 0.830. The zero-order chi connectivity index (χ0) is 11.4. The molecule has 7 heteroatoms. The van der Waals surface area contributed by atoms with E-state index in [2.05, 4.69) is 20.8 Å². The number of thioether (sulfide) groups is 1. The van der Waals surface area contributed by atoms with Gasteiger partial charge in [-0.15, -0.1) is 0 Å². The molecule has 1 heterocycles. The molecule has 0 aliphatic heterocycles. The van der Waals surface area contributed by atoms with Crippen molar-refractivity contribution in [3.05, 3.63) is 10.7 Å². The number of aromatic nitrogens is 2. The van der Waals surface area contributed by atoms with Gasteiger partial charge in [-0.3, -0.25) is 15.6 Å². The van der Waals surface area contributed by atoms with Crippen molar-refractivity contribution in [1.82, 2.24) is 15.4 Å². The minimum Gasteiger partial charge on any atom is -0.281 e. The average molecular weight is 247 g/mol. The Labute approximate surface area is 97.0 Å². The third-order valence-corrected chi connectivity index (χ3v) is 2.52. The molecule has 1 aromatic rings. The summed E-state index contributed by atoms with van der Waals surface area (Å²) < 4.78 is 0. The molecule has 0 unspecified atom stereocenters. The maximum atomic E-state index is 10.7. The van der Waals surface area contributed by atoms with E-state index in [9.17, 15) is 4.79 Å². The van der Waals surface area contributed by atoms with Gasteiger partial charge in [0, 0.05) is 12.5 Å². The van der Waals surface area contributed by atoms with Crippen molar-refractivity contribution in [2.24, 2.45) is 0 Å². The summed E-state index contributed by atoms with van der Waals surface area (Å²) in [5.74, 6) is 0.310. The van der Waals surface area contributed by atoms with Crippen molar-refractivity contribution in [2.75, 3.05) is 11.7 Å². The zero-order valence-corrected chi connectivity index (χ0v) is 10.2. The lowest BCUT2D eigenvalue weighted by Crippen LogP contribution is -2.27. The van der Waals surface area contributed by atoms with Crippen molar-refractivity contribution < 1.29 is 4.79 Å². The van der Waals surface area contributed by atoms with Gasteiger partial charge in [0.2, 0.25) is 5.91 Å². The van der Waals surface area contributed by atoms with E-state index in [1.807, 2.05) is 6.26 Å². The first-order valence-electron chi connectivity index (χ1n) is 4.15. The number of hydrogen-bond donors (Lipinski definition) is 2. The van der Waals surface area contributed by atoms with E-state index in [1.54, 1.807) is 6.92 Å². The van der Waals surface area contributed by atoms with Crippen LogP contribution in [0, 0.1) is 6.92 Å². The topological polar surface area (TPSA) is 66.9 Å². The van der Waals surface area contributed by atoms with E-state index in [-0.39, 0.29) is 5.91 Å². The minimum absolute atomic E-state index is 0.199. The van der Waals surface area contributed by atoms with Crippen LogP contribution in [0.25, 0.3) is 0 Å². The highest BCUT2D eigenvalue weighted by molar-refractivity contribution is 7.98. The summed E-state index contributed by atoms with van der Waals surface area (Å²) in [7, 11) is 0. The first kappa shape index (κ1) is 12.1. The van der Waals surface area contributed by atoms with E-state index in [4.69, 9.17) is 11.6 Å². The minimum atomic E-state index is -0.199. The van der Waals surface area contributed by atoms with Gasteiger partial charge < -0.3 is 0 Å². The number of anilines is 1. The number of carbonyl (C=O) groups excluding carboxylic acids is 1. The molecule has 0 atom stereocenters. The smallest absolute Gasteiger partial charge is 0.235 e. The highest BCUT2D eigenvalue weighted by Gasteiger charge is 2.08. The number of hydrazine groups is 1. The van der Waals surface area contributed by atoms with Gasteiger partial charge >= 0.3 is 0 Å². The van der Waals surface area contributed by atoms with E-state index in [1.165, 1.54) is 18.7 Å². The van der Waals surface area contributed by atoms with Crippen LogP contribution >= 0.6 is 23.4 Å². The summed E-state index contributed by atoms with van der Waals surface area (Å²) in [5, 5.41) is 0.931. The molecule has 0 bridgehead atoms. The molecule has 15 heavy (non-hydrogen) atoms. The van der Waals surface area contributed by atoms with Gasteiger partial charge in [-0.05, 0) is 13.2 Å². The molecule has 1 amide bonds. The Morgan fingerprint density at radius 1 is 1.47 bits per heavy atom. The molecule has 5 nitrogen and oxygen atoms in total. The predicted molar refractivity (Wildman–Crippen MR) is 61.0 cm³/mol. The summed E-state index contributed by atoms with van der Waals surface area (Å²) in [5.41, 5.74) is 5.81. The number of amides is 1. The van der Waals surface area contributed by atoms with E-state index >= 15 is 0 Å². The van der Waals surface area contributed by atoms with Gasteiger partial charge in [0.05, 0.1) is 0 Å². The lowest BCUT2D eigenvalue weighted by Gasteiger charge is -2.10. The van der Waals surface area contributed by atoms with Crippen molar-refractivity contribution >= 4 is 35.1 Å². The van der Waals surface area contributed by atoms with E-state index in [0.29, 0.717) is 21.7 Å². The molecule has 0 aliphatic carbocycles. The maximum absolute atomic E-state index is 10.7. The summed E-state index contributed by atoms with van der Waals surface area (Å²) in [6, 6.07) is 0. The van der Waals surface area contributed by atoms with Crippen LogP contribution in [0.3, 0.4) is 0 Å². The fraction of sp³-hybridized carbons (Fsp3) is 0.375. The summed E-state index contributed by atoms with van der Waals surface area (Å²) in [6.45, 7) is 3.18. The number of rotatable bonds is 3. The first-order chi connectivity index (χ1) is 7.04. The number of nitrogens with one attached hydrogen (secondary N) is 2. The Bertz CT molecular complexity index is 385. The van der Waals surface area contributed by atoms with Crippen LogP contribution in [-0.4, -0.2) is 22.1 Å². The predicted octanol–water partition coefficient (Wildman–Crippen LogP) is 1.62. The molecule has 0 spiro atoms. The van der Waals surface area contributed by atoms with Gasteiger partial charge in [-0.2, -0.15) is 0 Å². The molecular formula is C8H11ClN4OS. The van der Waals surface area contributed by atoms with Crippen molar-refractivity contribution in [1.29, 1.82) is 0 Å². The van der Waals surface area contributed by atoms with Crippen LogP contribution in [0.1, 0.15) is 12.5 Å². The lowest BCUT2D eigenvalue weighted by atomic mass is 10.3. The highest BCUT2D eigenvalue weighted by atomic mass is 35.5. The van der Waals surface area contributed by atoms with Crippen molar-refractivity contribution in [3.63, 3.8) is 0 Å². The standard InChI is InChI=1S/C8H11ClN4OS/c1-4-6(9)10-8(15-3)11-7(4)13-12-5(2)14/h1-3H3,(H,12,14)(H,10,11,13). The molecule has 2 N–H and O–H groups in total. The molecule has 1 aromatic heterocycles. The molecular weight excluding hydrogens is 236 g/mol. The molecule has 0 aromatic carbocycles. The zero-order valence-electron chi connectivity index (χ0n) is 8.59. The number of halogens is 1. The Kier molecular flexibility index (Phi) is 4.16. The Morgan fingerprint density at radius 3 is 2.67 bits per heavy atom. The molecule has 0 aliphatic rings. The summed E-state index contributed by atoms with van der Waals surface area (Å²) >= 11 is 7.28. The van der Waals surface area contributed by atoms with Crippen LogP contribution in [-0.2, 0) is 4.79 Å². The van der Waals surface area contributed by atoms with Crippen molar-refractivity contribution in [3.8, 4) is 0 Å². The van der Waals surface area contributed by atoms with Gasteiger partial charge in [0.25, 0.3) is 0 Å². The lowest BCUT2D eigenvalue weighted by molar-refractivity contribution is -0.118. The largest absolute Gasteiger partial charge is 0.281 e. The van der Waals surface area contributed by atoms with E-state index < -0.39 is 0 Å². The molecule has 82 valence electrons. The number of nitrogens with zero attached hydrogens (tertiary/aromatic N) is 2. The molecule has 0 radical (unpaired) electrons. The molecule has 0 fully saturated rings. The first-order valence-corrected chi connectivity index (χ1v) is 5.75. The Morgan fingerprint density at radius 2 is 2.13 bits per heavy atom. The average Bonchev–Trinajstić information content (AvgIpc) is 2.19. The van der Waals surface area contributed by atoms with Crippen molar-refractivity contribution in [2.45, 2.75) is 19.0 Å². The maximum Gasteiger partial charge on any atom is 0.235 e. The summed E-state index contributed by atoms with van der Waals surface area (Å²) in [4.78, 5) is 18.9. The van der Waals surface area contributed by atoms with Gasteiger partial charge in [0.1, 0.15) is 5.15 Å². The second kappa shape index (κ2) is 5.18. The van der Waals surface area contributed by atoms with E-state index in [0.717, 1.165) is 0 Å². The van der Waals surface area contributed by atoms with Crippen LogP contribution in [0.5, 0.6) is 0 Å². The highest BCUT2D eigenvalue weighted by Crippen LogP contribution is 2.22. The van der Waals surface area contributed by atoms with Gasteiger partial charge in [-0.1, -0.05) is 23.4 Å². The van der Waals surface area contributed by atoms with Crippen LogP contribution in [0.2, 0.25) is 5.15 Å². The number of hydrogen-bond acceptors (Lipinski definition) is 5. The SMILES string of the molecule is CSc1nc(Cl)c(C)c(NNC(C)=O)n1. The molecule has 0 saturated carbocycles. The molecule has 0 saturated heterocycles. The molecule has 1 rings (SSSR count). The van der Waals surface area contributed by atoms with Gasteiger partial charge in [0.15, 0.2) is 11.0 Å². The Balaban J connectivity index is 2.94. The fourth-order valence-corrected chi connectivity index (χ4v) is 1.42. The second-order valence-electron chi connectivity index (χ2n) is 2.78. The van der Waals surface area contributed by atoms with Crippen LogP contribution in [0.15, 0.2) is 5.16 Å². The third-order valence-electron chi connectivity index (χ3n) is 1.61. The number of carbonyl (C=O) groups is 1. The van der Waals surface area contributed by atoms with Gasteiger partial charge in [-0.25, -0.2) is 9.97 Å². The second-order valence-corrected chi connectivity index (χ2v) is 3.91.